The first-order valence-corrected chi connectivity index (χ1v) is 8.86. The zero-order chi connectivity index (χ0) is 16.1. The van der Waals surface area contributed by atoms with Crippen molar-refractivity contribution in [2.75, 3.05) is 24.5 Å². The topological polar surface area (TPSA) is 50.2 Å². The van der Waals surface area contributed by atoms with E-state index >= 15 is 0 Å². The standard InChI is InChI=1S/C17H22N4OS/c1-14-7-11-21(15-5-2-3-6-16(15)23-14)17(22)13-18-9-12-20-10-4-8-19-20/h2-6,8,10,14,18H,7,9,11-13H2,1H3/t14-/m1/s1. The van der Waals surface area contributed by atoms with Gasteiger partial charge in [-0.3, -0.25) is 9.48 Å². The maximum Gasteiger partial charge on any atom is 0.240 e. The van der Waals surface area contributed by atoms with Crippen molar-refractivity contribution in [3.63, 3.8) is 0 Å². The third-order valence-corrected chi connectivity index (χ3v) is 5.13. The van der Waals surface area contributed by atoms with Gasteiger partial charge in [0.05, 0.1) is 18.8 Å². The Hall–Kier alpha value is -1.79. The van der Waals surface area contributed by atoms with Gasteiger partial charge in [-0.05, 0) is 24.6 Å². The molecule has 5 nitrogen and oxygen atoms in total. The van der Waals surface area contributed by atoms with Gasteiger partial charge in [0.1, 0.15) is 0 Å². The molecule has 0 bridgehead atoms. The van der Waals surface area contributed by atoms with E-state index in [9.17, 15) is 4.79 Å². The molecular formula is C17H22N4OS. The van der Waals surface area contributed by atoms with Gasteiger partial charge in [-0.25, -0.2) is 0 Å². The van der Waals surface area contributed by atoms with Crippen molar-refractivity contribution in [2.24, 2.45) is 0 Å². The Morgan fingerprint density at radius 1 is 1.39 bits per heavy atom. The van der Waals surface area contributed by atoms with Gasteiger partial charge in [0.15, 0.2) is 0 Å². The van der Waals surface area contributed by atoms with Gasteiger partial charge in [-0.15, -0.1) is 11.8 Å². The van der Waals surface area contributed by atoms with E-state index in [0.29, 0.717) is 11.8 Å². The number of thioether (sulfide) groups is 1. The highest BCUT2D eigenvalue weighted by atomic mass is 32.2. The molecule has 0 saturated carbocycles. The van der Waals surface area contributed by atoms with Crippen molar-refractivity contribution in [3.8, 4) is 0 Å². The summed E-state index contributed by atoms with van der Waals surface area (Å²) in [5.41, 5.74) is 1.04. The molecule has 0 unspecified atom stereocenters. The lowest BCUT2D eigenvalue weighted by atomic mass is 10.2. The molecule has 0 fully saturated rings. The van der Waals surface area contributed by atoms with Crippen LogP contribution in [0.1, 0.15) is 13.3 Å². The SMILES string of the molecule is C[C@@H]1CCN(C(=O)CNCCn2cccn2)c2ccccc2S1. The highest BCUT2D eigenvalue weighted by Gasteiger charge is 2.23. The van der Waals surface area contributed by atoms with E-state index in [4.69, 9.17) is 0 Å². The van der Waals surface area contributed by atoms with E-state index in [2.05, 4.69) is 23.4 Å². The van der Waals surface area contributed by atoms with Crippen molar-refractivity contribution in [1.82, 2.24) is 15.1 Å². The van der Waals surface area contributed by atoms with Crippen molar-refractivity contribution in [3.05, 3.63) is 42.7 Å². The minimum Gasteiger partial charge on any atom is -0.310 e. The van der Waals surface area contributed by atoms with Crippen LogP contribution >= 0.6 is 11.8 Å². The third-order valence-electron chi connectivity index (χ3n) is 3.90. The number of hydrogen-bond acceptors (Lipinski definition) is 4. The van der Waals surface area contributed by atoms with Gasteiger partial charge in [-0.1, -0.05) is 19.1 Å². The third kappa shape index (κ3) is 4.14. The van der Waals surface area contributed by atoms with Gasteiger partial charge in [0, 0.05) is 35.6 Å². The largest absolute Gasteiger partial charge is 0.310 e. The fraction of sp³-hybridized carbons (Fsp3) is 0.412. The van der Waals surface area contributed by atoms with E-state index in [1.165, 1.54) is 4.90 Å². The summed E-state index contributed by atoms with van der Waals surface area (Å²) >= 11 is 1.85. The van der Waals surface area contributed by atoms with Crippen LogP contribution in [0.2, 0.25) is 0 Å². The monoisotopic (exact) mass is 330 g/mol. The molecule has 1 aliphatic rings. The Kier molecular flexibility index (Phi) is 5.35. The van der Waals surface area contributed by atoms with Gasteiger partial charge < -0.3 is 10.2 Å². The number of aromatic nitrogens is 2. The van der Waals surface area contributed by atoms with Gasteiger partial charge in [-0.2, -0.15) is 5.10 Å². The molecule has 2 heterocycles. The molecule has 122 valence electrons. The molecule has 6 heteroatoms. The lowest BCUT2D eigenvalue weighted by Crippen LogP contribution is -2.39. The van der Waals surface area contributed by atoms with Crippen LogP contribution in [0.4, 0.5) is 5.69 Å². The summed E-state index contributed by atoms with van der Waals surface area (Å²) in [5.74, 6) is 0.132. The summed E-state index contributed by atoms with van der Waals surface area (Å²) in [6.07, 6.45) is 4.70. The molecule has 1 amide bonds. The van der Waals surface area contributed by atoms with Crippen molar-refractivity contribution in [1.29, 1.82) is 0 Å². The zero-order valence-electron chi connectivity index (χ0n) is 13.3. The molecule has 3 rings (SSSR count). The van der Waals surface area contributed by atoms with E-state index in [1.807, 2.05) is 51.8 Å². The Bertz CT molecular complexity index is 644. The minimum atomic E-state index is 0.132. The Morgan fingerprint density at radius 3 is 3.09 bits per heavy atom. The Labute approximate surface area is 141 Å². The van der Waals surface area contributed by atoms with Crippen LogP contribution in [-0.4, -0.2) is 40.6 Å². The predicted octanol–water partition coefficient (Wildman–Crippen LogP) is 2.39. The molecule has 0 saturated heterocycles. The first kappa shape index (κ1) is 16.1. The number of carbonyl (C=O) groups excluding carboxylic acids is 1. The summed E-state index contributed by atoms with van der Waals surface area (Å²) in [6.45, 7) is 4.86. The lowest BCUT2D eigenvalue weighted by Gasteiger charge is -2.22. The minimum absolute atomic E-state index is 0.132. The summed E-state index contributed by atoms with van der Waals surface area (Å²) in [6, 6.07) is 10.1. The number of fused-ring (bicyclic) bond motifs is 1. The van der Waals surface area contributed by atoms with E-state index in [1.54, 1.807) is 6.20 Å². The molecule has 1 N–H and O–H groups in total. The van der Waals surface area contributed by atoms with Crippen LogP contribution in [0.3, 0.4) is 0 Å². The van der Waals surface area contributed by atoms with Crippen LogP contribution < -0.4 is 10.2 Å². The molecule has 0 spiro atoms. The fourth-order valence-electron chi connectivity index (χ4n) is 2.66. The van der Waals surface area contributed by atoms with Crippen molar-refractivity contribution >= 4 is 23.4 Å². The number of anilines is 1. The van der Waals surface area contributed by atoms with Crippen molar-refractivity contribution in [2.45, 2.75) is 30.0 Å². The summed E-state index contributed by atoms with van der Waals surface area (Å²) in [7, 11) is 0. The van der Waals surface area contributed by atoms with E-state index in [0.717, 1.165) is 31.7 Å². The Morgan fingerprint density at radius 2 is 2.26 bits per heavy atom. The molecule has 0 aliphatic carbocycles. The molecule has 1 aromatic carbocycles. The average molecular weight is 330 g/mol. The zero-order valence-corrected chi connectivity index (χ0v) is 14.1. The average Bonchev–Trinajstić information content (AvgIpc) is 3.00. The second-order valence-corrected chi connectivity index (χ2v) is 7.16. The molecule has 1 atom stereocenters. The second kappa shape index (κ2) is 7.66. The van der Waals surface area contributed by atoms with Gasteiger partial charge in [0.2, 0.25) is 5.91 Å². The van der Waals surface area contributed by atoms with Gasteiger partial charge in [0.25, 0.3) is 0 Å². The van der Waals surface area contributed by atoms with Crippen LogP contribution in [0.25, 0.3) is 0 Å². The number of nitrogens with zero attached hydrogens (tertiary/aromatic N) is 3. The van der Waals surface area contributed by atoms with E-state index < -0.39 is 0 Å². The van der Waals surface area contributed by atoms with E-state index in [-0.39, 0.29) is 5.91 Å². The number of amides is 1. The molecule has 2 aromatic rings. The lowest BCUT2D eigenvalue weighted by molar-refractivity contribution is -0.117. The number of para-hydroxylation sites is 1. The van der Waals surface area contributed by atoms with Crippen LogP contribution in [0.5, 0.6) is 0 Å². The summed E-state index contributed by atoms with van der Waals surface area (Å²) in [5, 5.41) is 7.91. The smallest absolute Gasteiger partial charge is 0.240 e. The first-order chi connectivity index (χ1) is 11.2. The Balaban J connectivity index is 1.58. The van der Waals surface area contributed by atoms with Crippen LogP contribution in [-0.2, 0) is 11.3 Å². The molecule has 1 aromatic heterocycles. The normalized spacial score (nSPS) is 17.6. The highest BCUT2D eigenvalue weighted by Crippen LogP contribution is 2.37. The highest BCUT2D eigenvalue weighted by molar-refractivity contribution is 8.00. The quantitative estimate of drug-likeness (QED) is 0.855. The molecule has 1 aliphatic heterocycles. The number of hydrogen-bond donors (Lipinski definition) is 1. The molecular weight excluding hydrogens is 308 g/mol. The number of rotatable bonds is 5. The maximum absolute atomic E-state index is 12.6. The summed E-state index contributed by atoms with van der Waals surface area (Å²) in [4.78, 5) is 15.7. The summed E-state index contributed by atoms with van der Waals surface area (Å²) < 4.78 is 1.86. The number of benzene rings is 1. The molecule has 23 heavy (non-hydrogen) atoms. The number of carbonyl (C=O) groups is 1. The van der Waals surface area contributed by atoms with Crippen molar-refractivity contribution < 1.29 is 4.79 Å². The number of nitrogens with one attached hydrogen (secondary N) is 1. The fourth-order valence-corrected chi connectivity index (χ4v) is 3.78. The van der Waals surface area contributed by atoms with Crippen LogP contribution in [0.15, 0.2) is 47.6 Å². The predicted molar refractivity (Wildman–Crippen MR) is 93.8 cm³/mol. The second-order valence-electron chi connectivity index (χ2n) is 5.68. The van der Waals surface area contributed by atoms with Crippen LogP contribution in [0, 0.1) is 0 Å². The maximum atomic E-state index is 12.6. The first-order valence-electron chi connectivity index (χ1n) is 7.98. The van der Waals surface area contributed by atoms with Gasteiger partial charge >= 0.3 is 0 Å². The molecule has 0 radical (unpaired) electrons.